The van der Waals surface area contributed by atoms with Gasteiger partial charge in [0.1, 0.15) is 11.6 Å². The highest BCUT2D eigenvalue weighted by Gasteiger charge is 2.34. The molecule has 0 atom stereocenters. The van der Waals surface area contributed by atoms with Gasteiger partial charge in [0.15, 0.2) is 0 Å². The van der Waals surface area contributed by atoms with Crippen molar-refractivity contribution in [2.75, 3.05) is 17.2 Å². The van der Waals surface area contributed by atoms with E-state index < -0.39 is 11.9 Å². The number of carbonyl (C=O) groups excluding carboxylic acids is 1. The molecule has 8 nitrogen and oxygen atoms in total. The lowest BCUT2D eigenvalue weighted by molar-refractivity contribution is 0.102. The van der Waals surface area contributed by atoms with Crippen molar-refractivity contribution >= 4 is 23.5 Å². The lowest BCUT2D eigenvalue weighted by atomic mass is 9.78. The number of carboxylic acid groups (broad SMARTS) is 1. The molecule has 3 N–H and O–H groups in total. The third-order valence-corrected chi connectivity index (χ3v) is 5.59. The maximum atomic E-state index is 13.1. The number of pyridine rings is 2. The Balaban J connectivity index is 1.52. The van der Waals surface area contributed by atoms with Crippen molar-refractivity contribution in [3.8, 4) is 0 Å². The lowest BCUT2D eigenvalue weighted by Crippen LogP contribution is -2.44. The van der Waals surface area contributed by atoms with Crippen LogP contribution in [0.2, 0.25) is 0 Å². The smallest absolute Gasteiger partial charge is 0.407 e. The summed E-state index contributed by atoms with van der Waals surface area (Å²) in [4.78, 5) is 34.2. The molecule has 1 aliphatic rings. The highest BCUT2D eigenvalue weighted by Crippen LogP contribution is 2.35. The van der Waals surface area contributed by atoms with Crippen LogP contribution in [-0.4, -0.2) is 38.5 Å². The van der Waals surface area contributed by atoms with Crippen LogP contribution in [0.3, 0.4) is 0 Å². The van der Waals surface area contributed by atoms with Crippen LogP contribution in [0.1, 0.15) is 41.0 Å². The number of nitrogens with one attached hydrogen (secondary N) is 2. The number of benzene rings is 1. The summed E-state index contributed by atoms with van der Waals surface area (Å²) in [6.45, 7) is 4.96. The van der Waals surface area contributed by atoms with Gasteiger partial charge >= 0.3 is 6.09 Å². The first kappa shape index (κ1) is 22.2. The van der Waals surface area contributed by atoms with E-state index >= 15 is 0 Å². The summed E-state index contributed by atoms with van der Waals surface area (Å²) < 4.78 is 13.1. The second-order valence-electron chi connectivity index (χ2n) is 8.57. The predicted octanol–water partition coefficient (Wildman–Crippen LogP) is 4.25. The van der Waals surface area contributed by atoms with Gasteiger partial charge in [-0.25, -0.2) is 14.2 Å². The number of hydrogen-bond acceptors (Lipinski definition) is 5. The fourth-order valence-electron chi connectivity index (χ4n) is 4.03. The number of nitrogens with zero attached hydrogens (tertiary/aromatic N) is 3. The minimum absolute atomic E-state index is 0.266. The number of carbonyl (C=O) groups is 2. The zero-order valence-corrected chi connectivity index (χ0v) is 18.3. The van der Waals surface area contributed by atoms with Crippen molar-refractivity contribution in [1.82, 2.24) is 14.9 Å². The summed E-state index contributed by atoms with van der Waals surface area (Å²) in [6, 6.07) is 11.8. The molecule has 1 aliphatic heterocycles. The number of amides is 2. The van der Waals surface area contributed by atoms with Gasteiger partial charge in [0.05, 0.1) is 24.0 Å². The van der Waals surface area contributed by atoms with E-state index in [0.717, 1.165) is 17.3 Å². The van der Waals surface area contributed by atoms with Crippen LogP contribution < -0.4 is 10.6 Å². The van der Waals surface area contributed by atoms with Crippen LogP contribution in [0.4, 0.5) is 20.7 Å². The zero-order chi connectivity index (χ0) is 23.6. The molecule has 0 saturated heterocycles. The Morgan fingerprint density at radius 2 is 2.00 bits per heavy atom. The summed E-state index contributed by atoms with van der Waals surface area (Å²) in [5, 5.41) is 15.4. The molecule has 9 heteroatoms. The van der Waals surface area contributed by atoms with Gasteiger partial charge in [-0.1, -0.05) is 19.9 Å². The Labute approximate surface area is 190 Å². The maximum absolute atomic E-state index is 13.1. The van der Waals surface area contributed by atoms with Crippen molar-refractivity contribution in [1.29, 1.82) is 0 Å². The molecule has 170 valence electrons. The standard InChI is InChI=1S/C24H24FN5O3/c1-24(2)14-30(23(32)33)13-15-10-17(7-8-20(15)24)29-22(31)19-4-3-9-26-21(19)28-12-18-6-5-16(25)11-27-18/h3-11H,12-14H2,1-2H3,(H,26,28)(H,29,31)(H,32,33). The van der Waals surface area contributed by atoms with Crippen LogP contribution >= 0.6 is 0 Å². The average Bonchev–Trinajstić information content (AvgIpc) is 2.78. The van der Waals surface area contributed by atoms with Crippen molar-refractivity contribution < 1.29 is 19.1 Å². The van der Waals surface area contributed by atoms with Crippen LogP contribution in [-0.2, 0) is 18.5 Å². The molecule has 2 amide bonds. The molecule has 0 radical (unpaired) electrons. The van der Waals surface area contributed by atoms with E-state index in [1.54, 1.807) is 24.4 Å². The average molecular weight is 449 g/mol. The minimum atomic E-state index is -0.968. The molecule has 0 aliphatic carbocycles. The normalized spacial score (nSPS) is 14.3. The largest absolute Gasteiger partial charge is 0.465 e. The van der Waals surface area contributed by atoms with E-state index in [1.165, 1.54) is 11.0 Å². The molecular weight excluding hydrogens is 425 g/mol. The van der Waals surface area contributed by atoms with Crippen LogP contribution in [0.5, 0.6) is 0 Å². The van der Waals surface area contributed by atoms with Gasteiger partial charge in [0.2, 0.25) is 0 Å². The molecular formula is C24H24FN5O3. The molecule has 0 spiro atoms. The van der Waals surface area contributed by atoms with Crippen molar-refractivity contribution in [2.24, 2.45) is 0 Å². The first-order valence-electron chi connectivity index (χ1n) is 10.4. The maximum Gasteiger partial charge on any atom is 0.407 e. The monoisotopic (exact) mass is 449 g/mol. The Bertz CT molecular complexity index is 1200. The topological polar surface area (TPSA) is 107 Å². The Morgan fingerprint density at radius 3 is 2.73 bits per heavy atom. The second kappa shape index (κ2) is 8.85. The third-order valence-electron chi connectivity index (χ3n) is 5.59. The second-order valence-corrected chi connectivity index (χ2v) is 8.57. The summed E-state index contributed by atoms with van der Waals surface area (Å²) in [7, 11) is 0. The summed E-state index contributed by atoms with van der Waals surface area (Å²) >= 11 is 0. The minimum Gasteiger partial charge on any atom is -0.465 e. The molecule has 0 fully saturated rings. The highest BCUT2D eigenvalue weighted by atomic mass is 19.1. The predicted molar refractivity (Wildman–Crippen MR) is 122 cm³/mol. The summed E-state index contributed by atoms with van der Waals surface area (Å²) in [5.74, 6) is -0.406. The molecule has 0 unspecified atom stereocenters. The van der Waals surface area contributed by atoms with Gasteiger partial charge in [-0.05, 0) is 47.5 Å². The van der Waals surface area contributed by atoms with Crippen molar-refractivity contribution in [3.05, 3.63) is 83.1 Å². The number of anilines is 2. The Morgan fingerprint density at radius 1 is 1.18 bits per heavy atom. The molecule has 0 saturated carbocycles. The molecule has 0 bridgehead atoms. The highest BCUT2D eigenvalue weighted by molar-refractivity contribution is 6.07. The van der Waals surface area contributed by atoms with Crippen LogP contribution in [0, 0.1) is 5.82 Å². The first-order chi connectivity index (χ1) is 15.7. The quantitative estimate of drug-likeness (QED) is 0.538. The molecule has 4 rings (SSSR count). The fourth-order valence-corrected chi connectivity index (χ4v) is 4.03. The van der Waals surface area contributed by atoms with Gasteiger partial charge in [-0.2, -0.15) is 0 Å². The molecule has 3 aromatic rings. The van der Waals surface area contributed by atoms with Gasteiger partial charge in [0, 0.05) is 30.4 Å². The number of rotatable bonds is 5. The van der Waals surface area contributed by atoms with Crippen LogP contribution in [0.25, 0.3) is 0 Å². The molecule has 1 aromatic carbocycles. The van der Waals surface area contributed by atoms with E-state index in [9.17, 15) is 19.1 Å². The number of fused-ring (bicyclic) bond motifs is 1. The lowest BCUT2D eigenvalue weighted by Gasteiger charge is -2.38. The molecule has 33 heavy (non-hydrogen) atoms. The number of hydrogen-bond donors (Lipinski definition) is 3. The van der Waals surface area contributed by atoms with E-state index in [1.807, 2.05) is 32.0 Å². The van der Waals surface area contributed by atoms with Crippen LogP contribution in [0.15, 0.2) is 54.9 Å². The summed E-state index contributed by atoms with van der Waals surface area (Å²) in [6.07, 6.45) is 1.73. The van der Waals surface area contributed by atoms with Gasteiger partial charge in [0.25, 0.3) is 5.91 Å². The SMILES string of the molecule is CC1(C)CN(C(=O)O)Cc2cc(NC(=O)c3cccnc3NCc3ccc(F)cn3)ccc21. The van der Waals surface area contributed by atoms with E-state index in [-0.39, 0.29) is 24.4 Å². The van der Waals surface area contributed by atoms with Gasteiger partial charge < -0.3 is 20.6 Å². The zero-order valence-electron chi connectivity index (χ0n) is 18.3. The van der Waals surface area contributed by atoms with Gasteiger partial charge in [-0.15, -0.1) is 0 Å². The summed E-state index contributed by atoms with van der Waals surface area (Å²) in [5.41, 5.74) is 3.10. The van der Waals surface area contributed by atoms with E-state index in [0.29, 0.717) is 29.3 Å². The number of aromatic nitrogens is 2. The van der Waals surface area contributed by atoms with Gasteiger partial charge in [-0.3, -0.25) is 9.78 Å². The fraction of sp³-hybridized carbons (Fsp3) is 0.250. The molecule has 3 heterocycles. The van der Waals surface area contributed by atoms with Crippen molar-refractivity contribution in [3.63, 3.8) is 0 Å². The van der Waals surface area contributed by atoms with Crippen molar-refractivity contribution in [2.45, 2.75) is 32.4 Å². The van der Waals surface area contributed by atoms with E-state index in [4.69, 9.17) is 0 Å². The van der Waals surface area contributed by atoms with E-state index in [2.05, 4.69) is 20.6 Å². The molecule has 2 aromatic heterocycles. The third kappa shape index (κ3) is 4.92. The Hall–Kier alpha value is -4.01. The Kier molecular flexibility index (Phi) is 5.95. The number of halogens is 1. The first-order valence-corrected chi connectivity index (χ1v) is 10.4.